The lowest BCUT2D eigenvalue weighted by molar-refractivity contribution is 0.783. The van der Waals surface area contributed by atoms with Gasteiger partial charge in [-0.3, -0.25) is 4.68 Å². The molecule has 4 rings (SSSR count). The summed E-state index contributed by atoms with van der Waals surface area (Å²) in [5.74, 6) is 0.711. The molecule has 0 fully saturated rings. The van der Waals surface area contributed by atoms with E-state index in [4.69, 9.17) is 5.73 Å². The van der Waals surface area contributed by atoms with Crippen molar-refractivity contribution < 1.29 is 0 Å². The van der Waals surface area contributed by atoms with E-state index in [2.05, 4.69) is 46.2 Å². The molecule has 0 radical (unpaired) electrons. The zero-order chi connectivity index (χ0) is 14.4. The SMILES string of the molecule is Cn1nc(-c2csc3ccccc23)c(-c2cccs2)c1N. The maximum Gasteiger partial charge on any atom is 0.130 e. The molecule has 5 heteroatoms. The highest BCUT2D eigenvalue weighted by Crippen LogP contribution is 2.42. The van der Waals surface area contributed by atoms with Gasteiger partial charge in [-0.2, -0.15) is 5.10 Å². The molecule has 0 saturated heterocycles. The lowest BCUT2D eigenvalue weighted by Gasteiger charge is -2.00. The Morgan fingerprint density at radius 3 is 2.76 bits per heavy atom. The highest BCUT2D eigenvalue weighted by Gasteiger charge is 2.20. The van der Waals surface area contributed by atoms with Crippen LogP contribution in [0.3, 0.4) is 0 Å². The Bertz CT molecular complexity index is 916. The zero-order valence-electron chi connectivity index (χ0n) is 11.4. The second-order valence-corrected chi connectivity index (χ2v) is 6.71. The van der Waals surface area contributed by atoms with Crippen molar-refractivity contribution in [3.8, 4) is 21.7 Å². The summed E-state index contributed by atoms with van der Waals surface area (Å²) in [6.07, 6.45) is 0. The van der Waals surface area contributed by atoms with E-state index >= 15 is 0 Å². The highest BCUT2D eigenvalue weighted by atomic mass is 32.1. The minimum Gasteiger partial charge on any atom is -0.383 e. The van der Waals surface area contributed by atoms with Crippen LogP contribution in [0.4, 0.5) is 5.82 Å². The third-order valence-electron chi connectivity index (χ3n) is 3.60. The van der Waals surface area contributed by atoms with Crippen molar-refractivity contribution in [2.24, 2.45) is 7.05 Å². The number of aromatic nitrogens is 2. The zero-order valence-corrected chi connectivity index (χ0v) is 13.0. The van der Waals surface area contributed by atoms with Crippen molar-refractivity contribution >= 4 is 38.6 Å². The maximum atomic E-state index is 6.26. The van der Waals surface area contributed by atoms with E-state index in [-0.39, 0.29) is 0 Å². The van der Waals surface area contributed by atoms with Crippen LogP contribution in [0.15, 0.2) is 47.2 Å². The number of rotatable bonds is 2. The van der Waals surface area contributed by atoms with Gasteiger partial charge in [0.15, 0.2) is 0 Å². The van der Waals surface area contributed by atoms with E-state index in [1.807, 2.05) is 13.1 Å². The molecule has 3 heterocycles. The molecule has 104 valence electrons. The van der Waals surface area contributed by atoms with Gasteiger partial charge in [-0.15, -0.1) is 22.7 Å². The second-order valence-electron chi connectivity index (χ2n) is 4.86. The molecule has 0 aliphatic heterocycles. The molecule has 0 saturated carbocycles. The molecule has 1 aromatic carbocycles. The van der Waals surface area contributed by atoms with Gasteiger partial charge in [0.25, 0.3) is 0 Å². The number of nitrogens with two attached hydrogens (primary N) is 1. The normalized spacial score (nSPS) is 11.3. The van der Waals surface area contributed by atoms with Crippen LogP contribution in [0, 0.1) is 0 Å². The quantitative estimate of drug-likeness (QED) is 0.587. The molecule has 3 aromatic heterocycles. The summed E-state index contributed by atoms with van der Waals surface area (Å²) in [4.78, 5) is 1.16. The monoisotopic (exact) mass is 311 g/mol. The minimum absolute atomic E-state index is 0.711. The number of nitrogens with zero attached hydrogens (tertiary/aromatic N) is 2. The number of fused-ring (bicyclic) bond motifs is 1. The third kappa shape index (κ3) is 1.89. The predicted molar refractivity (Wildman–Crippen MR) is 91.8 cm³/mol. The van der Waals surface area contributed by atoms with E-state index in [0.29, 0.717) is 5.82 Å². The van der Waals surface area contributed by atoms with Crippen molar-refractivity contribution in [2.45, 2.75) is 0 Å². The van der Waals surface area contributed by atoms with Crippen molar-refractivity contribution in [2.75, 3.05) is 5.73 Å². The second kappa shape index (κ2) is 4.72. The summed E-state index contributed by atoms with van der Waals surface area (Å²) in [6, 6.07) is 12.5. The van der Waals surface area contributed by atoms with Gasteiger partial charge < -0.3 is 5.73 Å². The molecular formula is C16H13N3S2. The Kier molecular flexibility index (Phi) is 2.83. The molecule has 0 bridgehead atoms. The van der Waals surface area contributed by atoms with Crippen LogP contribution < -0.4 is 5.73 Å². The number of hydrogen-bond donors (Lipinski definition) is 1. The third-order valence-corrected chi connectivity index (χ3v) is 5.45. The van der Waals surface area contributed by atoms with E-state index in [9.17, 15) is 0 Å². The molecular weight excluding hydrogens is 298 g/mol. The van der Waals surface area contributed by atoms with Gasteiger partial charge in [0.1, 0.15) is 11.5 Å². The fourth-order valence-corrected chi connectivity index (χ4v) is 4.28. The molecule has 0 amide bonds. The van der Waals surface area contributed by atoms with Gasteiger partial charge in [-0.25, -0.2) is 0 Å². The Hall–Kier alpha value is -2.11. The fourth-order valence-electron chi connectivity index (χ4n) is 2.55. The predicted octanol–water partition coefficient (Wildman–Crippen LogP) is 4.61. The Labute approximate surface area is 130 Å². The summed E-state index contributed by atoms with van der Waals surface area (Å²) in [5.41, 5.74) is 9.42. The number of aryl methyl sites for hydroxylation is 1. The van der Waals surface area contributed by atoms with Gasteiger partial charge in [-0.1, -0.05) is 24.3 Å². The molecule has 0 unspecified atom stereocenters. The van der Waals surface area contributed by atoms with Gasteiger partial charge in [-0.05, 0) is 17.5 Å². The molecule has 0 atom stereocenters. The van der Waals surface area contributed by atoms with Crippen molar-refractivity contribution in [1.29, 1.82) is 0 Å². The van der Waals surface area contributed by atoms with Crippen molar-refractivity contribution in [3.05, 3.63) is 47.2 Å². The van der Waals surface area contributed by atoms with Crippen LogP contribution >= 0.6 is 22.7 Å². The molecule has 4 aromatic rings. The van der Waals surface area contributed by atoms with E-state index in [1.54, 1.807) is 27.4 Å². The van der Waals surface area contributed by atoms with Crippen molar-refractivity contribution in [3.63, 3.8) is 0 Å². The largest absolute Gasteiger partial charge is 0.383 e. The summed E-state index contributed by atoms with van der Waals surface area (Å²) in [6.45, 7) is 0. The van der Waals surface area contributed by atoms with Gasteiger partial charge >= 0.3 is 0 Å². The minimum atomic E-state index is 0.711. The maximum absolute atomic E-state index is 6.26. The van der Waals surface area contributed by atoms with Crippen LogP contribution in [0.5, 0.6) is 0 Å². The van der Waals surface area contributed by atoms with Crippen molar-refractivity contribution in [1.82, 2.24) is 9.78 Å². The van der Waals surface area contributed by atoms with Crippen LogP contribution in [-0.4, -0.2) is 9.78 Å². The van der Waals surface area contributed by atoms with Crippen LogP contribution in [0.1, 0.15) is 0 Å². The van der Waals surface area contributed by atoms with Crippen LogP contribution in [0.25, 0.3) is 31.8 Å². The van der Waals surface area contributed by atoms with Gasteiger partial charge in [0.05, 0.1) is 5.56 Å². The molecule has 0 aliphatic rings. The van der Waals surface area contributed by atoms with Gasteiger partial charge in [0, 0.05) is 33.0 Å². The standard InChI is InChI=1S/C16H13N3S2/c1-19-16(17)14(13-7-4-8-20-13)15(18-19)11-9-21-12-6-3-2-5-10(11)12/h2-9H,17H2,1H3. The first-order valence-electron chi connectivity index (χ1n) is 6.58. The van der Waals surface area contributed by atoms with E-state index < -0.39 is 0 Å². The molecule has 21 heavy (non-hydrogen) atoms. The molecule has 3 nitrogen and oxygen atoms in total. The van der Waals surface area contributed by atoms with Crippen LogP contribution in [0.2, 0.25) is 0 Å². The fraction of sp³-hybridized carbons (Fsp3) is 0.0625. The summed E-state index contributed by atoms with van der Waals surface area (Å²) < 4.78 is 3.03. The molecule has 0 aliphatic carbocycles. The first-order valence-corrected chi connectivity index (χ1v) is 8.34. The Balaban J connectivity index is 2.03. The lowest BCUT2D eigenvalue weighted by Crippen LogP contribution is -1.97. The van der Waals surface area contributed by atoms with E-state index in [1.165, 1.54) is 10.1 Å². The number of hydrogen-bond acceptors (Lipinski definition) is 4. The lowest BCUT2D eigenvalue weighted by atomic mass is 10.1. The Morgan fingerprint density at radius 1 is 1.10 bits per heavy atom. The number of nitrogen functional groups attached to an aromatic ring is 1. The van der Waals surface area contributed by atoms with E-state index in [0.717, 1.165) is 21.7 Å². The van der Waals surface area contributed by atoms with Gasteiger partial charge in [0.2, 0.25) is 0 Å². The number of anilines is 1. The summed E-state index contributed by atoms with van der Waals surface area (Å²) in [5, 5.41) is 10.1. The average Bonchev–Trinajstić information content (AvgIpc) is 3.19. The van der Waals surface area contributed by atoms with Crippen LogP contribution in [-0.2, 0) is 7.05 Å². The average molecular weight is 311 g/mol. The topological polar surface area (TPSA) is 43.8 Å². The smallest absolute Gasteiger partial charge is 0.130 e. The summed E-state index contributed by atoms with van der Waals surface area (Å²) in [7, 11) is 1.89. The molecule has 0 spiro atoms. The number of thiophene rings is 2. The Morgan fingerprint density at radius 2 is 1.95 bits per heavy atom. The number of benzene rings is 1. The first-order chi connectivity index (χ1) is 10.3. The first kappa shape index (κ1) is 12.6. The highest BCUT2D eigenvalue weighted by molar-refractivity contribution is 7.17. The summed E-state index contributed by atoms with van der Waals surface area (Å²) >= 11 is 3.43. The molecule has 2 N–H and O–H groups in total.